The van der Waals surface area contributed by atoms with Crippen LogP contribution < -0.4 is 0 Å². The first-order valence-electron chi connectivity index (χ1n) is 16.7. The third kappa shape index (κ3) is 9.91. The predicted molar refractivity (Wildman–Crippen MR) is 152 cm³/mol. The summed E-state index contributed by atoms with van der Waals surface area (Å²) in [7, 11) is 0. The van der Waals surface area contributed by atoms with Gasteiger partial charge in [0.05, 0.1) is 6.10 Å². The summed E-state index contributed by atoms with van der Waals surface area (Å²) in [5.74, 6) is 6.18. The Morgan fingerprint density at radius 1 is 0.595 bits per heavy atom. The molecule has 1 heterocycles. The summed E-state index contributed by atoms with van der Waals surface area (Å²) >= 11 is 0. The van der Waals surface area contributed by atoms with E-state index in [1.54, 1.807) is 0 Å². The van der Waals surface area contributed by atoms with Crippen LogP contribution in [0, 0.1) is 41.4 Å². The van der Waals surface area contributed by atoms with Crippen molar-refractivity contribution in [2.45, 2.75) is 154 Å². The summed E-state index contributed by atoms with van der Waals surface area (Å²) in [6, 6.07) is 0. The molecule has 1 aliphatic heterocycles. The Morgan fingerprint density at radius 2 is 1.08 bits per heavy atom. The van der Waals surface area contributed by atoms with E-state index < -0.39 is 6.08 Å². The van der Waals surface area contributed by atoms with Crippen LogP contribution in [-0.2, 0) is 4.74 Å². The smallest absolute Gasteiger partial charge is 0.266 e. The second kappa shape index (κ2) is 16.0. The van der Waals surface area contributed by atoms with Gasteiger partial charge in [0, 0.05) is 6.61 Å². The first-order valence-corrected chi connectivity index (χ1v) is 16.7. The van der Waals surface area contributed by atoms with Crippen LogP contribution in [0.25, 0.3) is 0 Å². The minimum atomic E-state index is -1.51. The average molecular weight is 521 g/mol. The van der Waals surface area contributed by atoms with E-state index in [2.05, 4.69) is 6.92 Å². The van der Waals surface area contributed by atoms with Crippen molar-refractivity contribution in [3.63, 3.8) is 0 Å². The highest BCUT2D eigenvalue weighted by Gasteiger charge is 2.35. The number of unbranched alkanes of at least 4 members (excludes halogenated alkanes) is 1. The SMILES string of the molecule is CCCC1CCC(CCCCC2CCC(C3CCC(C4CCC(CCC=C(F)F)CC4)CC3)OC2)CC1. The van der Waals surface area contributed by atoms with Crippen molar-refractivity contribution in [2.24, 2.45) is 41.4 Å². The van der Waals surface area contributed by atoms with Crippen molar-refractivity contribution in [3.8, 4) is 0 Å². The maximum Gasteiger partial charge on any atom is 0.266 e. The van der Waals surface area contributed by atoms with Gasteiger partial charge in [-0.3, -0.25) is 0 Å². The fraction of sp³-hybridized carbons (Fsp3) is 0.941. The van der Waals surface area contributed by atoms with Crippen molar-refractivity contribution in [2.75, 3.05) is 6.61 Å². The van der Waals surface area contributed by atoms with Crippen LogP contribution in [0.1, 0.15) is 148 Å². The third-order valence-corrected chi connectivity index (χ3v) is 11.3. The molecule has 0 aromatic rings. The number of allylic oxidation sites excluding steroid dienone is 1. The van der Waals surface area contributed by atoms with Gasteiger partial charge in [-0.25, -0.2) is 0 Å². The molecule has 214 valence electrons. The fourth-order valence-corrected chi connectivity index (χ4v) is 8.87. The lowest BCUT2D eigenvalue weighted by Crippen LogP contribution is -2.35. The average Bonchev–Trinajstić information content (AvgIpc) is 2.93. The minimum Gasteiger partial charge on any atom is -0.378 e. The van der Waals surface area contributed by atoms with E-state index in [0.717, 1.165) is 54.6 Å². The Kier molecular flexibility index (Phi) is 12.8. The monoisotopic (exact) mass is 520 g/mol. The lowest BCUT2D eigenvalue weighted by molar-refractivity contribution is -0.0621. The van der Waals surface area contributed by atoms with Gasteiger partial charge in [-0.15, -0.1) is 0 Å². The second-order valence-electron chi connectivity index (χ2n) is 13.8. The van der Waals surface area contributed by atoms with Gasteiger partial charge in [0.25, 0.3) is 6.08 Å². The summed E-state index contributed by atoms with van der Waals surface area (Å²) < 4.78 is 31.1. The van der Waals surface area contributed by atoms with E-state index in [0.29, 0.717) is 18.4 Å². The van der Waals surface area contributed by atoms with Gasteiger partial charge in [-0.2, -0.15) is 8.78 Å². The van der Waals surface area contributed by atoms with E-state index in [4.69, 9.17) is 4.74 Å². The van der Waals surface area contributed by atoms with Crippen LogP contribution >= 0.6 is 0 Å². The van der Waals surface area contributed by atoms with Gasteiger partial charge in [-0.1, -0.05) is 77.6 Å². The van der Waals surface area contributed by atoms with Crippen molar-refractivity contribution in [3.05, 3.63) is 12.2 Å². The van der Waals surface area contributed by atoms with Crippen molar-refractivity contribution in [1.82, 2.24) is 0 Å². The maximum atomic E-state index is 12.3. The molecule has 2 unspecified atom stereocenters. The zero-order valence-corrected chi connectivity index (χ0v) is 24.1. The van der Waals surface area contributed by atoms with Crippen molar-refractivity contribution in [1.29, 1.82) is 0 Å². The Balaban J connectivity index is 1.02. The molecule has 4 rings (SSSR count). The standard InChI is InChI=1S/C34H58F2O/c1-2-6-26-11-13-27(14-12-26)7-3-4-8-29-17-24-33(37-25-29)32-22-20-31(21-23-32)30-18-15-28(16-19-30)9-5-10-34(35)36/h10,26-33H,2-9,11-25H2,1H3. The summed E-state index contributed by atoms with van der Waals surface area (Å²) in [5, 5.41) is 0. The molecule has 1 saturated heterocycles. The quantitative estimate of drug-likeness (QED) is 0.232. The lowest BCUT2D eigenvalue weighted by atomic mass is 9.67. The highest BCUT2D eigenvalue weighted by molar-refractivity contribution is 4.87. The summed E-state index contributed by atoms with van der Waals surface area (Å²) in [4.78, 5) is 0. The summed E-state index contributed by atoms with van der Waals surface area (Å²) in [6.07, 6.45) is 29.7. The molecule has 4 aliphatic rings. The van der Waals surface area contributed by atoms with Gasteiger partial charge in [0.1, 0.15) is 0 Å². The molecule has 0 spiro atoms. The molecule has 2 atom stereocenters. The maximum absolute atomic E-state index is 12.3. The number of halogens is 2. The molecule has 3 saturated carbocycles. The molecule has 0 N–H and O–H groups in total. The zero-order valence-electron chi connectivity index (χ0n) is 24.1. The minimum absolute atomic E-state index is 0.537. The Labute approximate surface area is 228 Å². The first kappa shape index (κ1) is 29.5. The van der Waals surface area contributed by atoms with E-state index in [-0.39, 0.29) is 0 Å². The van der Waals surface area contributed by atoms with E-state index in [1.807, 2.05) is 0 Å². The van der Waals surface area contributed by atoms with Gasteiger partial charge in [0.2, 0.25) is 0 Å². The Morgan fingerprint density at radius 3 is 1.65 bits per heavy atom. The number of hydrogen-bond donors (Lipinski definition) is 0. The summed E-state index contributed by atoms with van der Waals surface area (Å²) in [6.45, 7) is 3.37. The molecule has 37 heavy (non-hydrogen) atoms. The van der Waals surface area contributed by atoms with Gasteiger partial charge in [-0.05, 0) is 118 Å². The molecule has 3 heteroatoms. The molecule has 0 aromatic carbocycles. The number of hydrogen-bond acceptors (Lipinski definition) is 1. The predicted octanol–water partition coefficient (Wildman–Crippen LogP) is 11.1. The lowest BCUT2D eigenvalue weighted by Gasteiger charge is -2.41. The van der Waals surface area contributed by atoms with E-state index in [9.17, 15) is 8.78 Å². The third-order valence-electron chi connectivity index (χ3n) is 11.3. The van der Waals surface area contributed by atoms with Crippen molar-refractivity contribution >= 4 is 0 Å². The molecule has 3 aliphatic carbocycles. The Hall–Kier alpha value is -0.440. The van der Waals surface area contributed by atoms with Crippen LogP contribution in [0.4, 0.5) is 8.78 Å². The normalized spacial score (nSPS) is 37.3. The van der Waals surface area contributed by atoms with Crippen LogP contribution in [0.2, 0.25) is 0 Å². The van der Waals surface area contributed by atoms with Crippen LogP contribution in [-0.4, -0.2) is 12.7 Å². The Bertz CT molecular complexity index is 626. The topological polar surface area (TPSA) is 9.23 Å². The second-order valence-corrected chi connectivity index (χ2v) is 13.8. The van der Waals surface area contributed by atoms with Crippen molar-refractivity contribution < 1.29 is 13.5 Å². The zero-order chi connectivity index (χ0) is 25.9. The molecule has 0 radical (unpaired) electrons. The molecular weight excluding hydrogens is 462 g/mol. The molecular formula is C34H58F2O. The van der Waals surface area contributed by atoms with Gasteiger partial charge >= 0.3 is 0 Å². The van der Waals surface area contributed by atoms with E-state index >= 15 is 0 Å². The highest BCUT2D eigenvalue weighted by atomic mass is 19.3. The van der Waals surface area contributed by atoms with Crippen LogP contribution in [0.15, 0.2) is 12.2 Å². The van der Waals surface area contributed by atoms with Crippen LogP contribution in [0.5, 0.6) is 0 Å². The molecule has 0 amide bonds. The first-order chi connectivity index (χ1) is 18.1. The van der Waals surface area contributed by atoms with Crippen LogP contribution in [0.3, 0.4) is 0 Å². The fourth-order valence-electron chi connectivity index (χ4n) is 8.87. The van der Waals surface area contributed by atoms with Gasteiger partial charge < -0.3 is 4.74 Å². The van der Waals surface area contributed by atoms with E-state index in [1.165, 1.54) is 128 Å². The molecule has 4 fully saturated rings. The molecule has 1 nitrogen and oxygen atoms in total. The van der Waals surface area contributed by atoms with Gasteiger partial charge in [0.15, 0.2) is 0 Å². The highest BCUT2D eigenvalue weighted by Crippen LogP contribution is 2.44. The number of ether oxygens (including phenoxy) is 1. The molecule has 0 aromatic heterocycles. The number of rotatable bonds is 12. The largest absolute Gasteiger partial charge is 0.378 e. The molecule has 0 bridgehead atoms. The summed E-state index contributed by atoms with van der Waals surface area (Å²) in [5.41, 5.74) is 0.